The van der Waals surface area contributed by atoms with Gasteiger partial charge in [0.05, 0.1) is 17.2 Å². The van der Waals surface area contributed by atoms with Gasteiger partial charge in [-0.3, -0.25) is 4.68 Å². The highest BCUT2D eigenvalue weighted by molar-refractivity contribution is 5.44. The minimum atomic E-state index is -0.192. The predicted molar refractivity (Wildman–Crippen MR) is 49.2 cm³/mol. The van der Waals surface area contributed by atoms with Crippen molar-refractivity contribution in [1.29, 1.82) is 5.26 Å². The van der Waals surface area contributed by atoms with Crippen LogP contribution in [0.3, 0.4) is 0 Å². The molecule has 0 aliphatic heterocycles. The maximum absolute atomic E-state index is 9.08. The first kappa shape index (κ1) is 8.31. The first-order valence-corrected chi connectivity index (χ1v) is 4.53. The first-order chi connectivity index (χ1) is 6.10. The van der Waals surface area contributed by atoms with Crippen molar-refractivity contribution in [2.45, 2.75) is 32.1 Å². The van der Waals surface area contributed by atoms with Crippen molar-refractivity contribution < 1.29 is 0 Å². The van der Waals surface area contributed by atoms with Gasteiger partial charge in [0.2, 0.25) is 0 Å². The molecule has 1 aliphatic carbocycles. The van der Waals surface area contributed by atoms with E-state index in [-0.39, 0.29) is 5.41 Å². The van der Waals surface area contributed by atoms with Gasteiger partial charge in [-0.05, 0) is 26.7 Å². The van der Waals surface area contributed by atoms with E-state index in [2.05, 4.69) is 11.2 Å². The molecule has 2 rings (SSSR count). The number of rotatable bonds is 1. The van der Waals surface area contributed by atoms with Crippen molar-refractivity contribution in [2.75, 3.05) is 0 Å². The Bertz CT molecular complexity index is 391. The summed E-state index contributed by atoms with van der Waals surface area (Å²) in [6, 6.07) is 2.41. The SMILES string of the molecule is Cc1nn(C)c(C)c1C1(C#N)CC1. The number of hydrogen-bond donors (Lipinski definition) is 0. The van der Waals surface area contributed by atoms with Gasteiger partial charge in [0.25, 0.3) is 0 Å². The minimum absolute atomic E-state index is 0.192. The lowest BCUT2D eigenvalue weighted by atomic mass is 9.96. The van der Waals surface area contributed by atoms with Gasteiger partial charge in [-0.15, -0.1) is 0 Å². The van der Waals surface area contributed by atoms with Crippen LogP contribution >= 0.6 is 0 Å². The van der Waals surface area contributed by atoms with Gasteiger partial charge >= 0.3 is 0 Å². The lowest BCUT2D eigenvalue weighted by Gasteiger charge is -2.05. The van der Waals surface area contributed by atoms with E-state index >= 15 is 0 Å². The average molecular weight is 175 g/mol. The lowest BCUT2D eigenvalue weighted by molar-refractivity contribution is 0.728. The molecule has 0 radical (unpaired) electrons. The number of nitriles is 1. The summed E-state index contributed by atoms with van der Waals surface area (Å²) in [5.41, 5.74) is 3.12. The van der Waals surface area contributed by atoms with Crippen LogP contribution in [0.1, 0.15) is 29.8 Å². The summed E-state index contributed by atoms with van der Waals surface area (Å²) in [7, 11) is 1.93. The van der Waals surface area contributed by atoms with Crippen LogP contribution in [0.15, 0.2) is 0 Å². The maximum Gasteiger partial charge on any atom is 0.0859 e. The molecule has 1 heterocycles. The summed E-state index contributed by atoms with van der Waals surface area (Å²) in [5.74, 6) is 0. The Hall–Kier alpha value is -1.30. The molecule has 0 unspecified atom stereocenters. The number of hydrogen-bond acceptors (Lipinski definition) is 2. The zero-order valence-electron chi connectivity index (χ0n) is 8.26. The number of aryl methyl sites for hydroxylation is 2. The highest BCUT2D eigenvalue weighted by Gasteiger charge is 2.48. The van der Waals surface area contributed by atoms with E-state index in [0.717, 1.165) is 29.8 Å². The van der Waals surface area contributed by atoms with Crippen molar-refractivity contribution in [1.82, 2.24) is 9.78 Å². The van der Waals surface area contributed by atoms with Crippen LogP contribution in [-0.2, 0) is 12.5 Å². The van der Waals surface area contributed by atoms with Crippen LogP contribution < -0.4 is 0 Å². The third-order valence-electron chi connectivity index (χ3n) is 2.95. The molecule has 1 aliphatic rings. The second kappa shape index (κ2) is 2.35. The third-order valence-corrected chi connectivity index (χ3v) is 2.95. The topological polar surface area (TPSA) is 41.6 Å². The second-order valence-electron chi connectivity index (χ2n) is 3.86. The fourth-order valence-corrected chi connectivity index (χ4v) is 2.01. The Kier molecular flexibility index (Phi) is 1.50. The van der Waals surface area contributed by atoms with Crippen LogP contribution in [0, 0.1) is 25.2 Å². The molecule has 1 fully saturated rings. The zero-order valence-corrected chi connectivity index (χ0v) is 8.26. The highest BCUT2D eigenvalue weighted by Crippen LogP contribution is 2.49. The molecule has 0 aromatic carbocycles. The van der Waals surface area contributed by atoms with Gasteiger partial charge < -0.3 is 0 Å². The molecule has 0 spiro atoms. The summed E-state index contributed by atoms with van der Waals surface area (Å²) in [6.45, 7) is 4.02. The van der Waals surface area contributed by atoms with Crippen LogP contribution in [0.25, 0.3) is 0 Å². The molecule has 0 saturated heterocycles. The molecule has 1 aromatic rings. The van der Waals surface area contributed by atoms with E-state index in [9.17, 15) is 0 Å². The van der Waals surface area contributed by atoms with Gasteiger partial charge in [0, 0.05) is 18.3 Å². The number of nitrogens with zero attached hydrogens (tertiary/aromatic N) is 3. The maximum atomic E-state index is 9.08. The van der Waals surface area contributed by atoms with Crippen molar-refractivity contribution in [3.63, 3.8) is 0 Å². The van der Waals surface area contributed by atoms with Gasteiger partial charge in [0.1, 0.15) is 0 Å². The Morgan fingerprint density at radius 2 is 2.08 bits per heavy atom. The normalized spacial score (nSPS) is 18.3. The molecule has 68 valence electrons. The fourth-order valence-electron chi connectivity index (χ4n) is 2.01. The fraction of sp³-hybridized carbons (Fsp3) is 0.600. The van der Waals surface area contributed by atoms with E-state index in [1.807, 2.05) is 25.6 Å². The second-order valence-corrected chi connectivity index (χ2v) is 3.86. The van der Waals surface area contributed by atoms with E-state index in [4.69, 9.17) is 5.26 Å². The van der Waals surface area contributed by atoms with Crippen LogP contribution in [0.2, 0.25) is 0 Å². The van der Waals surface area contributed by atoms with Gasteiger partial charge in [-0.1, -0.05) is 0 Å². The van der Waals surface area contributed by atoms with E-state index in [1.165, 1.54) is 0 Å². The largest absolute Gasteiger partial charge is 0.272 e. The first-order valence-electron chi connectivity index (χ1n) is 4.53. The molecule has 1 aromatic heterocycles. The molecule has 0 N–H and O–H groups in total. The van der Waals surface area contributed by atoms with Gasteiger partial charge in [0.15, 0.2) is 0 Å². The van der Waals surface area contributed by atoms with Crippen molar-refractivity contribution in [2.24, 2.45) is 7.05 Å². The molecule has 0 bridgehead atoms. The summed E-state index contributed by atoms with van der Waals surface area (Å²) in [5, 5.41) is 13.4. The summed E-state index contributed by atoms with van der Waals surface area (Å²) in [4.78, 5) is 0. The molecular weight excluding hydrogens is 162 g/mol. The molecule has 0 amide bonds. The number of aromatic nitrogens is 2. The summed E-state index contributed by atoms with van der Waals surface area (Å²) in [6.07, 6.45) is 1.99. The third kappa shape index (κ3) is 0.983. The average Bonchev–Trinajstić information content (AvgIpc) is 2.81. The molecule has 3 nitrogen and oxygen atoms in total. The zero-order chi connectivity index (χ0) is 9.64. The molecular formula is C10H13N3. The smallest absolute Gasteiger partial charge is 0.0859 e. The van der Waals surface area contributed by atoms with Gasteiger partial charge in [-0.2, -0.15) is 10.4 Å². The standard InChI is InChI=1S/C10H13N3/c1-7-9(8(2)13(3)12-7)10(6-11)4-5-10/h4-5H2,1-3H3. The highest BCUT2D eigenvalue weighted by atomic mass is 15.3. The monoisotopic (exact) mass is 175 g/mol. The van der Waals surface area contributed by atoms with E-state index in [1.54, 1.807) is 0 Å². The Morgan fingerprint density at radius 1 is 1.46 bits per heavy atom. The van der Waals surface area contributed by atoms with Crippen LogP contribution in [-0.4, -0.2) is 9.78 Å². The lowest BCUT2D eigenvalue weighted by Crippen LogP contribution is -2.06. The van der Waals surface area contributed by atoms with E-state index in [0.29, 0.717) is 0 Å². The van der Waals surface area contributed by atoms with Crippen LogP contribution in [0.5, 0.6) is 0 Å². The molecule has 0 atom stereocenters. The van der Waals surface area contributed by atoms with E-state index < -0.39 is 0 Å². The summed E-state index contributed by atoms with van der Waals surface area (Å²) < 4.78 is 1.86. The Morgan fingerprint density at radius 3 is 2.38 bits per heavy atom. The van der Waals surface area contributed by atoms with Crippen LogP contribution in [0.4, 0.5) is 0 Å². The van der Waals surface area contributed by atoms with Crippen molar-refractivity contribution in [3.8, 4) is 6.07 Å². The Labute approximate surface area is 78.0 Å². The molecule has 1 saturated carbocycles. The van der Waals surface area contributed by atoms with Crippen molar-refractivity contribution >= 4 is 0 Å². The quantitative estimate of drug-likeness (QED) is 0.650. The minimum Gasteiger partial charge on any atom is -0.272 e. The van der Waals surface area contributed by atoms with Gasteiger partial charge in [-0.25, -0.2) is 0 Å². The predicted octanol–water partition coefficient (Wildman–Crippen LogP) is 1.59. The molecule has 13 heavy (non-hydrogen) atoms. The Balaban J connectivity index is 2.59. The molecule has 3 heteroatoms. The van der Waals surface area contributed by atoms with Crippen molar-refractivity contribution in [3.05, 3.63) is 17.0 Å². The summed E-state index contributed by atoms with van der Waals surface area (Å²) >= 11 is 0.